The summed E-state index contributed by atoms with van der Waals surface area (Å²) < 4.78 is 16.9. The summed E-state index contributed by atoms with van der Waals surface area (Å²) in [6.45, 7) is 6.28. The first kappa shape index (κ1) is 78.0. The number of carbonyl (C=O) groups excluding carboxylic acids is 3. The average molecular weight is 1150 g/mol. The smallest absolute Gasteiger partial charge is 0.306 e. The second-order valence-electron chi connectivity index (χ2n) is 21.9. The van der Waals surface area contributed by atoms with Crippen molar-refractivity contribution in [3.05, 3.63) is 158 Å². The molecule has 0 bridgehead atoms. The van der Waals surface area contributed by atoms with Crippen LogP contribution in [0.5, 0.6) is 0 Å². The number of hydrogen-bond acceptors (Lipinski definition) is 6. The van der Waals surface area contributed by atoms with Crippen LogP contribution >= 0.6 is 0 Å². The Morgan fingerprint density at radius 2 is 0.434 bits per heavy atom. The van der Waals surface area contributed by atoms with Crippen molar-refractivity contribution < 1.29 is 28.6 Å². The second kappa shape index (κ2) is 69.5. The minimum absolute atomic E-state index is 0.0997. The molecule has 1 unspecified atom stereocenters. The molecule has 0 aromatic carbocycles. The summed E-state index contributed by atoms with van der Waals surface area (Å²) in [5.74, 6) is -0.941. The van der Waals surface area contributed by atoms with Gasteiger partial charge in [0.25, 0.3) is 0 Å². The number of ether oxygens (including phenoxy) is 3. The van der Waals surface area contributed by atoms with Gasteiger partial charge in [-0.25, -0.2) is 0 Å². The Morgan fingerprint density at radius 3 is 0.675 bits per heavy atom. The first-order chi connectivity index (χ1) is 41.0. The second-order valence-corrected chi connectivity index (χ2v) is 21.9. The van der Waals surface area contributed by atoms with Gasteiger partial charge in [-0.2, -0.15) is 0 Å². The van der Waals surface area contributed by atoms with E-state index in [4.69, 9.17) is 14.2 Å². The van der Waals surface area contributed by atoms with Gasteiger partial charge < -0.3 is 14.2 Å². The van der Waals surface area contributed by atoms with Gasteiger partial charge in [0, 0.05) is 19.3 Å². The van der Waals surface area contributed by atoms with Gasteiger partial charge in [-0.1, -0.05) is 288 Å². The molecule has 6 nitrogen and oxygen atoms in total. The molecule has 83 heavy (non-hydrogen) atoms. The van der Waals surface area contributed by atoms with Crippen molar-refractivity contribution >= 4 is 17.9 Å². The van der Waals surface area contributed by atoms with E-state index in [2.05, 4.69) is 179 Å². The third kappa shape index (κ3) is 67.7. The molecule has 0 aromatic heterocycles. The topological polar surface area (TPSA) is 78.9 Å². The van der Waals surface area contributed by atoms with Crippen LogP contribution in [0.15, 0.2) is 158 Å². The Balaban J connectivity index is 4.41. The summed E-state index contributed by atoms with van der Waals surface area (Å²) in [6, 6.07) is 0. The van der Waals surface area contributed by atoms with Crippen LogP contribution in [0, 0.1) is 0 Å². The zero-order valence-corrected chi connectivity index (χ0v) is 53.7. The Bertz CT molecular complexity index is 1840. The lowest BCUT2D eigenvalue weighted by Crippen LogP contribution is -2.30. The first-order valence-electron chi connectivity index (χ1n) is 34.0. The van der Waals surface area contributed by atoms with E-state index in [-0.39, 0.29) is 37.5 Å². The van der Waals surface area contributed by atoms with E-state index < -0.39 is 6.10 Å². The summed E-state index contributed by atoms with van der Waals surface area (Å²) >= 11 is 0. The predicted molar refractivity (Wildman–Crippen MR) is 362 cm³/mol. The van der Waals surface area contributed by atoms with Crippen molar-refractivity contribution in [3.8, 4) is 0 Å². The number of carbonyl (C=O) groups is 3. The van der Waals surface area contributed by atoms with Gasteiger partial charge in [-0.15, -0.1) is 0 Å². The minimum atomic E-state index is -0.808. The Morgan fingerprint density at radius 1 is 0.241 bits per heavy atom. The monoisotopic (exact) mass is 1140 g/mol. The zero-order chi connectivity index (χ0) is 59.9. The number of hydrogen-bond donors (Lipinski definition) is 0. The van der Waals surface area contributed by atoms with Crippen molar-refractivity contribution in [2.24, 2.45) is 0 Å². The summed E-state index contributed by atoms with van der Waals surface area (Å²) in [4.78, 5) is 38.4. The predicted octanol–water partition coefficient (Wildman–Crippen LogP) is 23.7. The van der Waals surface area contributed by atoms with Crippen LogP contribution in [-0.2, 0) is 28.6 Å². The highest BCUT2D eigenvalue weighted by molar-refractivity contribution is 5.71. The largest absolute Gasteiger partial charge is 0.462 e. The van der Waals surface area contributed by atoms with E-state index >= 15 is 0 Å². The Kier molecular flexibility index (Phi) is 65.4. The molecule has 6 heteroatoms. The molecular formula is C77H124O6. The summed E-state index contributed by atoms with van der Waals surface area (Å²) in [5, 5.41) is 0. The van der Waals surface area contributed by atoms with Crippen molar-refractivity contribution in [3.63, 3.8) is 0 Å². The Hall–Kier alpha value is -4.97. The maximum absolute atomic E-state index is 12.9. The van der Waals surface area contributed by atoms with Crippen LogP contribution in [0.2, 0.25) is 0 Å². The molecule has 0 fully saturated rings. The molecule has 0 radical (unpaired) electrons. The molecule has 0 heterocycles. The van der Waals surface area contributed by atoms with Gasteiger partial charge in [-0.3, -0.25) is 14.4 Å². The number of rotatable bonds is 60. The quantitative estimate of drug-likeness (QED) is 0.0261. The van der Waals surface area contributed by atoms with E-state index in [0.717, 1.165) is 173 Å². The molecule has 468 valence electrons. The first-order valence-corrected chi connectivity index (χ1v) is 34.0. The maximum Gasteiger partial charge on any atom is 0.306 e. The highest BCUT2D eigenvalue weighted by atomic mass is 16.6. The normalized spacial score (nSPS) is 13.1. The molecular weight excluding hydrogens is 1020 g/mol. The zero-order valence-electron chi connectivity index (χ0n) is 53.7. The van der Waals surface area contributed by atoms with Crippen LogP contribution in [-0.4, -0.2) is 37.2 Å². The standard InChI is InChI=1S/C77H124O6/c1-4-7-10-13-16-19-22-25-28-30-32-34-36-37-38-39-41-42-44-46-49-52-55-58-61-64-67-70-76(79)82-73-74(72-81-75(78)69-66-63-60-57-54-51-48-27-24-21-18-15-12-9-6-3)83-77(80)71-68-65-62-59-56-53-50-47-45-43-40-35-33-31-29-26-23-20-17-14-11-8-5-2/h7-12,16-21,25-29,32-35,43,45,48,50,53,74H,4-6,13-15,22-24,30-31,36-42,44,46-47,49,51-52,54-73H2,1-3H3/b10-7-,11-8-,12-9-,19-16-,20-17-,21-18-,28-25-,29-26-,34-32-,35-33-,45-43-,48-27-,53-50-. The third-order valence-corrected chi connectivity index (χ3v) is 14.0. The van der Waals surface area contributed by atoms with Gasteiger partial charge in [0.15, 0.2) is 6.10 Å². The van der Waals surface area contributed by atoms with Gasteiger partial charge in [0.1, 0.15) is 13.2 Å². The van der Waals surface area contributed by atoms with Crippen molar-refractivity contribution in [1.82, 2.24) is 0 Å². The highest BCUT2D eigenvalue weighted by Crippen LogP contribution is 2.16. The minimum Gasteiger partial charge on any atom is -0.462 e. The summed E-state index contributed by atoms with van der Waals surface area (Å²) in [7, 11) is 0. The van der Waals surface area contributed by atoms with Gasteiger partial charge in [0.2, 0.25) is 0 Å². The van der Waals surface area contributed by atoms with Crippen molar-refractivity contribution in [2.45, 2.75) is 297 Å². The molecule has 0 aliphatic rings. The number of esters is 3. The molecule has 0 N–H and O–H groups in total. The molecule has 0 saturated carbocycles. The lowest BCUT2D eigenvalue weighted by atomic mass is 10.0. The fraction of sp³-hybridized carbons (Fsp3) is 0.623. The van der Waals surface area contributed by atoms with Gasteiger partial charge in [-0.05, 0) is 141 Å². The molecule has 0 amide bonds. The van der Waals surface area contributed by atoms with Gasteiger partial charge in [0.05, 0.1) is 0 Å². The highest BCUT2D eigenvalue weighted by Gasteiger charge is 2.19. The van der Waals surface area contributed by atoms with E-state index in [0.29, 0.717) is 12.8 Å². The SMILES string of the molecule is CC/C=C\C/C=C\C/C=C\C/C=C\C/C=C\C/C=C\CCCCCCC(=O)OC(COC(=O)CCCCCCC/C=C\C/C=C\C/C=C\CC)COC(=O)CCCCCCCCCCCCCCCC/C=C\C/C=C\C/C=C\C/C=C\CC. The molecule has 0 aromatic rings. The van der Waals surface area contributed by atoms with E-state index in [9.17, 15) is 14.4 Å². The molecule has 0 saturated heterocycles. The molecule has 0 aliphatic carbocycles. The summed E-state index contributed by atoms with van der Waals surface area (Å²) in [5.41, 5.74) is 0. The third-order valence-electron chi connectivity index (χ3n) is 14.0. The summed E-state index contributed by atoms with van der Waals surface area (Å²) in [6.07, 6.45) is 101. The molecule has 1 atom stereocenters. The molecule has 0 rings (SSSR count). The van der Waals surface area contributed by atoms with E-state index in [1.165, 1.54) is 77.0 Å². The lowest BCUT2D eigenvalue weighted by Gasteiger charge is -2.18. The van der Waals surface area contributed by atoms with E-state index in [1.54, 1.807) is 0 Å². The lowest BCUT2D eigenvalue weighted by molar-refractivity contribution is -0.167. The van der Waals surface area contributed by atoms with E-state index in [1.807, 2.05) is 0 Å². The van der Waals surface area contributed by atoms with Crippen LogP contribution in [0.4, 0.5) is 0 Å². The fourth-order valence-corrected chi connectivity index (χ4v) is 9.04. The van der Waals surface area contributed by atoms with Crippen LogP contribution in [0.3, 0.4) is 0 Å². The Labute approximate surface area is 511 Å². The number of unbranched alkanes of at least 4 members (excludes halogenated alkanes) is 23. The average Bonchev–Trinajstić information content (AvgIpc) is 3.49. The number of allylic oxidation sites excluding steroid dienone is 26. The maximum atomic E-state index is 12.9. The van der Waals surface area contributed by atoms with Crippen LogP contribution in [0.1, 0.15) is 290 Å². The fourth-order valence-electron chi connectivity index (χ4n) is 9.04. The molecule has 0 spiro atoms. The van der Waals surface area contributed by atoms with Crippen molar-refractivity contribution in [2.75, 3.05) is 13.2 Å². The van der Waals surface area contributed by atoms with Crippen molar-refractivity contribution in [1.29, 1.82) is 0 Å². The van der Waals surface area contributed by atoms with Crippen LogP contribution in [0.25, 0.3) is 0 Å². The molecule has 0 aliphatic heterocycles. The van der Waals surface area contributed by atoms with Gasteiger partial charge >= 0.3 is 17.9 Å². The van der Waals surface area contributed by atoms with Crippen LogP contribution < -0.4 is 0 Å².